The fourth-order valence-electron chi connectivity index (χ4n) is 6.78. The number of thiocarbonyl (C=S) groups is 1. The fraction of sp³-hybridized carbons (Fsp3) is 0.364. The van der Waals surface area contributed by atoms with E-state index in [1.54, 1.807) is 16.2 Å². The van der Waals surface area contributed by atoms with Gasteiger partial charge in [0.1, 0.15) is 21.2 Å². The van der Waals surface area contributed by atoms with Crippen LogP contribution in [-0.4, -0.2) is 62.3 Å². The summed E-state index contributed by atoms with van der Waals surface area (Å²) in [6.07, 6.45) is 3.13. The number of hydrogen-bond donors (Lipinski definition) is 1. The van der Waals surface area contributed by atoms with E-state index in [-0.39, 0.29) is 24.3 Å². The second kappa shape index (κ2) is 16.7. The van der Waals surface area contributed by atoms with Gasteiger partial charge in [0.05, 0.1) is 22.3 Å². The summed E-state index contributed by atoms with van der Waals surface area (Å²) < 4.78 is 12.3. The van der Waals surface area contributed by atoms with Crippen LogP contribution >= 0.6 is 23.6 Å². The topological polar surface area (TPSA) is 84.0 Å². The molecule has 0 spiro atoms. The van der Waals surface area contributed by atoms with E-state index in [1.165, 1.54) is 0 Å². The number of likely N-dealkylation sites (tertiary alicyclic amines) is 2. The number of aromatic nitrogens is 1. The second-order valence-corrected chi connectivity index (χ2v) is 17.1. The first-order valence-corrected chi connectivity index (χ1v) is 19.9. The standard InChI is InChI=1S/C22H24N2O2S.C22H26N2O2S/c1-22(2,3)26-21(25)24-14-8-12-17(24)20-23-19-16(11-7-13-18(19)27-20)15-9-5-4-6-10-15;1-22(2,3)26-21(25)24-15-9-14-19(24)20(27)23-18-13-8-7-12-17(18)16-10-5-4-6-11-16/h4-7,9-11,13,17H,8,12,14H2,1-3H3;4-8,10-13,19H,9,14-15H2,1-3H3,(H,23,27)/t17-;19-/m00/s1. The molecule has 54 heavy (non-hydrogen) atoms. The van der Waals surface area contributed by atoms with Crippen molar-refractivity contribution < 1.29 is 19.1 Å². The van der Waals surface area contributed by atoms with Crippen LogP contribution in [0, 0.1) is 0 Å². The van der Waals surface area contributed by atoms with E-state index in [0.717, 1.165) is 75.4 Å². The monoisotopic (exact) mass is 762 g/mol. The molecule has 1 N–H and O–H groups in total. The largest absolute Gasteiger partial charge is 0.444 e. The van der Waals surface area contributed by atoms with Crippen LogP contribution in [0.5, 0.6) is 0 Å². The molecule has 0 saturated carbocycles. The Balaban J connectivity index is 0.000000184. The fourth-order valence-corrected chi connectivity index (χ4v) is 8.27. The van der Waals surface area contributed by atoms with Crippen molar-refractivity contribution in [2.75, 3.05) is 18.4 Å². The Kier molecular flexibility index (Phi) is 12.0. The lowest BCUT2D eigenvalue weighted by molar-refractivity contribution is 0.0222. The van der Waals surface area contributed by atoms with Gasteiger partial charge in [0.2, 0.25) is 0 Å². The number of ether oxygens (including phenoxy) is 2. The maximum absolute atomic E-state index is 12.6. The van der Waals surface area contributed by atoms with E-state index >= 15 is 0 Å². The van der Waals surface area contributed by atoms with Gasteiger partial charge in [-0.1, -0.05) is 103 Å². The van der Waals surface area contributed by atoms with E-state index < -0.39 is 11.2 Å². The van der Waals surface area contributed by atoms with Crippen LogP contribution in [0.15, 0.2) is 103 Å². The number of rotatable bonds is 5. The lowest BCUT2D eigenvalue weighted by Crippen LogP contribution is -2.44. The first-order valence-electron chi connectivity index (χ1n) is 18.7. The first kappa shape index (κ1) is 38.9. The number of benzene rings is 4. The molecule has 0 unspecified atom stereocenters. The summed E-state index contributed by atoms with van der Waals surface area (Å²) in [5.74, 6) is 0. The number of para-hydroxylation sites is 2. The number of carbonyl (C=O) groups excluding carboxylic acids is 2. The van der Waals surface area contributed by atoms with Crippen LogP contribution in [0.4, 0.5) is 15.3 Å². The van der Waals surface area contributed by atoms with Gasteiger partial charge in [-0.05, 0) is 90.5 Å². The minimum Gasteiger partial charge on any atom is -0.444 e. The van der Waals surface area contributed by atoms with Crippen molar-refractivity contribution in [1.29, 1.82) is 0 Å². The second-order valence-electron chi connectivity index (χ2n) is 15.6. The molecule has 2 aliphatic heterocycles. The van der Waals surface area contributed by atoms with Gasteiger partial charge >= 0.3 is 12.2 Å². The predicted octanol–water partition coefficient (Wildman–Crippen LogP) is 11.5. The highest BCUT2D eigenvalue weighted by Gasteiger charge is 2.36. The van der Waals surface area contributed by atoms with Gasteiger partial charge < -0.3 is 14.8 Å². The van der Waals surface area contributed by atoms with Gasteiger partial charge in [-0.3, -0.25) is 9.80 Å². The maximum atomic E-state index is 12.6. The van der Waals surface area contributed by atoms with Crippen LogP contribution in [0.1, 0.15) is 78.3 Å². The summed E-state index contributed by atoms with van der Waals surface area (Å²) in [5.41, 5.74) is 5.47. The smallest absolute Gasteiger partial charge is 0.410 e. The molecule has 0 aliphatic carbocycles. The van der Waals surface area contributed by atoms with Crippen molar-refractivity contribution in [2.45, 2.75) is 90.5 Å². The number of anilines is 1. The molecule has 8 nitrogen and oxygen atoms in total. The summed E-state index contributed by atoms with van der Waals surface area (Å²) in [5, 5.41) is 4.38. The van der Waals surface area contributed by atoms with E-state index in [1.807, 2.05) is 101 Å². The molecule has 0 radical (unpaired) electrons. The highest BCUT2D eigenvalue weighted by molar-refractivity contribution is 7.80. The number of carbonyl (C=O) groups is 2. The summed E-state index contributed by atoms with van der Waals surface area (Å²) >= 11 is 7.36. The maximum Gasteiger partial charge on any atom is 0.410 e. The minimum absolute atomic E-state index is 0.000809. The minimum atomic E-state index is -0.515. The Morgan fingerprint density at radius 3 is 1.89 bits per heavy atom. The van der Waals surface area contributed by atoms with E-state index in [4.69, 9.17) is 26.7 Å². The van der Waals surface area contributed by atoms with Crippen molar-refractivity contribution in [2.24, 2.45) is 0 Å². The number of hydrogen-bond acceptors (Lipinski definition) is 7. The quantitative estimate of drug-likeness (QED) is 0.178. The van der Waals surface area contributed by atoms with Crippen LogP contribution in [-0.2, 0) is 9.47 Å². The average molecular weight is 763 g/mol. The summed E-state index contributed by atoms with van der Waals surface area (Å²) in [4.78, 5) is 34.4. The number of fused-ring (bicyclic) bond motifs is 1. The SMILES string of the molecule is CC(C)(C)OC(=O)N1CCC[C@H]1C(=S)Nc1ccccc1-c1ccccc1.CC(C)(C)OC(=O)N1CCC[C@H]1c1nc2c(-c3ccccc3)cccc2s1. The third-order valence-electron chi connectivity index (χ3n) is 9.14. The van der Waals surface area contributed by atoms with Gasteiger partial charge in [0.25, 0.3) is 0 Å². The molecular formula is C44H50N4O4S2. The Bertz CT molecular complexity index is 2070. The predicted molar refractivity (Wildman–Crippen MR) is 224 cm³/mol. The van der Waals surface area contributed by atoms with Crippen LogP contribution < -0.4 is 5.32 Å². The first-order chi connectivity index (χ1) is 25.8. The van der Waals surface area contributed by atoms with Crippen molar-refractivity contribution in [3.63, 3.8) is 0 Å². The van der Waals surface area contributed by atoms with Crippen molar-refractivity contribution in [1.82, 2.24) is 14.8 Å². The van der Waals surface area contributed by atoms with Crippen molar-refractivity contribution in [3.8, 4) is 22.3 Å². The summed E-state index contributed by atoms with van der Waals surface area (Å²) in [6, 6.07) is 34.8. The molecule has 282 valence electrons. The van der Waals surface area contributed by atoms with Crippen LogP contribution in [0.25, 0.3) is 32.5 Å². The number of nitrogens with zero attached hydrogens (tertiary/aromatic N) is 3. The molecule has 5 aromatic rings. The molecule has 2 aliphatic rings. The molecule has 7 rings (SSSR count). The molecule has 10 heteroatoms. The van der Waals surface area contributed by atoms with Crippen molar-refractivity contribution in [3.05, 3.63) is 108 Å². The lowest BCUT2D eigenvalue weighted by atomic mass is 10.0. The van der Waals surface area contributed by atoms with Gasteiger partial charge in [-0.15, -0.1) is 11.3 Å². The molecule has 2 fully saturated rings. The zero-order valence-corrected chi connectivity index (χ0v) is 33.6. The summed E-state index contributed by atoms with van der Waals surface area (Å²) in [7, 11) is 0. The Hall–Kier alpha value is -4.80. The molecule has 0 bridgehead atoms. The van der Waals surface area contributed by atoms with E-state index in [2.05, 4.69) is 53.8 Å². The molecule has 1 aromatic heterocycles. The molecule has 2 amide bonds. The number of thiazole rings is 1. The van der Waals surface area contributed by atoms with E-state index in [0.29, 0.717) is 11.5 Å². The third kappa shape index (κ3) is 9.65. The normalized spacial score (nSPS) is 17.1. The van der Waals surface area contributed by atoms with Gasteiger partial charge in [0.15, 0.2) is 0 Å². The van der Waals surface area contributed by atoms with Crippen LogP contribution in [0.3, 0.4) is 0 Å². The van der Waals surface area contributed by atoms with Gasteiger partial charge in [-0.2, -0.15) is 0 Å². The average Bonchev–Trinajstić information content (AvgIpc) is 3.91. The highest BCUT2D eigenvalue weighted by atomic mass is 32.1. The number of amides is 2. The lowest BCUT2D eigenvalue weighted by Gasteiger charge is -2.29. The van der Waals surface area contributed by atoms with Crippen LogP contribution in [0.2, 0.25) is 0 Å². The van der Waals surface area contributed by atoms with Crippen molar-refractivity contribution >= 4 is 56.6 Å². The third-order valence-corrected chi connectivity index (χ3v) is 10.6. The van der Waals surface area contributed by atoms with E-state index in [9.17, 15) is 9.59 Å². The Morgan fingerprint density at radius 2 is 1.24 bits per heavy atom. The van der Waals surface area contributed by atoms with Gasteiger partial charge in [-0.25, -0.2) is 14.6 Å². The molecule has 4 aromatic carbocycles. The number of nitrogens with one attached hydrogen (secondary N) is 1. The zero-order chi connectivity index (χ0) is 38.5. The zero-order valence-electron chi connectivity index (χ0n) is 32.0. The highest BCUT2D eigenvalue weighted by Crippen LogP contribution is 2.40. The summed E-state index contributed by atoms with van der Waals surface area (Å²) in [6.45, 7) is 12.7. The Labute approximate surface area is 328 Å². The molecular weight excluding hydrogens is 713 g/mol. The van der Waals surface area contributed by atoms with Gasteiger partial charge in [0, 0.05) is 29.9 Å². The Morgan fingerprint density at radius 1 is 0.704 bits per heavy atom. The molecule has 2 saturated heterocycles. The molecule has 3 heterocycles. The molecule has 2 atom stereocenters.